The molecule has 0 aliphatic rings. The summed E-state index contributed by atoms with van der Waals surface area (Å²) >= 11 is 3.48. The summed E-state index contributed by atoms with van der Waals surface area (Å²) in [5, 5.41) is 0. The number of halogens is 1. The van der Waals surface area contributed by atoms with Crippen LogP contribution in [0.25, 0.3) is 11.0 Å². The van der Waals surface area contributed by atoms with Crippen LogP contribution in [0.2, 0.25) is 0 Å². The fourth-order valence-electron chi connectivity index (χ4n) is 1.07. The van der Waals surface area contributed by atoms with E-state index in [0.717, 1.165) is 15.5 Å². The van der Waals surface area contributed by atoms with Gasteiger partial charge >= 0.3 is 0 Å². The van der Waals surface area contributed by atoms with Gasteiger partial charge in [-0.2, -0.15) is 0 Å². The molecular formula is C8H7BrN2. The summed E-state index contributed by atoms with van der Waals surface area (Å²) < 4.78 is 1.08. The summed E-state index contributed by atoms with van der Waals surface area (Å²) in [6, 6.07) is 4.09. The van der Waals surface area contributed by atoms with Crippen molar-refractivity contribution in [2.75, 3.05) is 0 Å². The SMILES string of the molecule is Cc1ccc2[nH]cnc2c1Br. The molecule has 1 aromatic carbocycles. The molecule has 3 heteroatoms. The normalized spacial score (nSPS) is 10.7. The summed E-state index contributed by atoms with van der Waals surface area (Å²) in [4.78, 5) is 7.22. The van der Waals surface area contributed by atoms with E-state index in [1.54, 1.807) is 6.33 Å². The van der Waals surface area contributed by atoms with Crippen molar-refractivity contribution in [3.8, 4) is 0 Å². The molecule has 2 rings (SSSR count). The minimum Gasteiger partial charge on any atom is -0.345 e. The summed E-state index contributed by atoms with van der Waals surface area (Å²) in [5.74, 6) is 0. The monoisotopic (exact) mass is 210 g/mol. The van der Waals surface area contributed by atoms with Crippen LogP contribution in [0.3, 0.4) is 0 Å². The van der Waals surface area contributed by atoms with Crippen molar-refractivity contribution in [1.29, 1.82) is 0 Å². The zero-order valence-corrected chi connectivity index (χ0v) is 7.64. The standard InChI is InChI=1S/C8H7BrN2/c1-5-2-3-6-8(7(5)9)11-4-10-6/h2-4H,1H3,(H,10,11). The van der Waals surface area contributed by atoms with Crippen LogP contribution in [0.1, 0.15) is 5.56 Å². The van der Waals surface area contributed by atoms with Crippen LogP contribution in [0.15, 0.2) is 22.9 Å². The number of benzene rings is 1. The molecule has 1 heterocycles. The summed E-state index contributed by atoms with van der Waals surface area (Å²) in [5.41, 5.74) is 3.29. The lowest BCUT2D eigenvalue weighted by molar-refractivity contribution is 1.34. The lowest BCUT2D eigenvalue weighted by Crippen LogP contribution is -1.77. The number of nitrogens with one attached hydrogen (secondary N) is 1. The van der Waals surface area contributed by atoms with Crippen molar-refractivity contribution in [1.82, 2.24) is 9.97 Å². The Kier molecular flexibility index (Phi) is 1.46. The van der Waals surface area contributed by atoms with Crippen LogP contribution in [-0.4, -0.2) is 9.97 Å². The van der Waals surface area contributed by atoms with Crippen molar-refractivity contribution < 1.29 is 0 Å². The van der Waals surface area contributed by atoms with E-state index in [9.17, 15) is 0 Å². The number of rotatable bonds is 0. The Bertz CT molecular complexity index is 392. The summed E-state index contributed by atoms with van der Waals surface area (Å²) in [6.07, 6.45) is 1.70. The second-order valence-corrected chi connectivity index (χ2v) is 3.29. The van der Waals surface area contributed by atoms with Crippen LogP contribution in [0.5, 0.6) is 0 Å². The molecular weight excluding hydrogens is 204 g/mol. The van der Waals surface area contributed by atoms with Crippen molar-refractivity contribution in [3.05, 3.63) is 28.5 Å². The number of imidazole rings is 1. The third kappa shape index (κ3) is 0.959. The first-order valence-electron chi connectivity index (χ1n) is 3.37. The van der Waals surface area contributed by atoms with Gasteiger partial charge < -0.3 is 4.98 Å². The average molecular weight is 211 g/mol. The maximum absolute atomic E-state index is 4.18. The highest BCUT2D eigenvalue weighted by Gasteiger charge is 2.02. The van der Waals surface area contributed by atoms with Gasteiger partial charge in [0, 0.05) is 4.47 Å². The molecule has 0 atom stereocenters. The van der Waals surface area contributed by atoms with Gasteiger partial charge in [0.15, 0.2) is 0 Å². The van der Waals surface area contributed by atoms with E-state index < -0.39 is 0 Å². The highest BCUT2D eigenvalue weighted by molar-refractivity contribution is 9.10. The van der Waals surface area contributed by atoms with Gasteiger partial charge in [-0.15, -0.1) is 0 Å². The van der Waals surface area contributed by atoms with Gasteiger partial charge in [-0.3, -0.25) is 0 Å². The zero-order valence-electron chi connectivity index (χ0n) is 6.06. The maximum atomic E-state index is 4.18. The van der Waals surface area contributed by atoms with Gasteiger partial charge in [0.1, 0.15) is 5.52 Å². The van der Waals surface area contributed by atoms with E-state index in [2.05, 4.69) is 38.9 Å². The quantitative estimate of drug-likeness (QED) is 0.712. The third-order valence-electron chi connectivity index (χ3n) is 1.72. The largest absolute Gasteiger partial charge is 0.345 e. The number of hydrogen-bond acceptors (Lipinski definition) is 1. The second kappa shape index (κ2) is 2.34. The summed E-state index contributed by atoms with van der Waals surface area (Å²) in [6.45, 7) is 2.05. The molecule has 0 saturated heterocycles. The van der Waals surface area contributed by atoms with Crippen LogP contribution in [0.4, 0.5) is 0 Å². The van der Waals surface area contributed by atoms with Gasteiger partial charge in [0.2, 0.25) is 0 Å². The van der Waals surface area contributed by atoms with Crippen LogP contribution in [-0.2, 0) is 0 Å². The minimum absolute atomic E-state index is 1.00. The van der Waals surface area contributed by atoms with Crippen LogP contribution in [0, 0.1) is 6.92 Å². The molecule has 1 aromatic heterocycles. The van der Waals surface area contributed by atoms with E-state index in [1.165, 1.54) is 5.56 Å². The molecule has 0 radical (unpaired) electrons. The molecule has 2 aromatic rings. The van der Waals surface area contributed by atoms with Crippen molar-refractivity contribution in [3.63, 3.8) is 0 Å². The van der Waals surface area contributed by atoms with E-state index in [1.807, 2.05) is 6.07 Å². The van der Waals surface area contributed by atoms with Gasteiger partial charge in [0.25, 0.3) is 0 Å². The lowest BCUT2D eigenvalue weighted by Gasteiger charge is -1.96. The van der Waals surface area contributed by atoms with E-state index in [-0.39, 0.29) is 0 Å². The molecule has 0 saturated carbocycles. The van der Waals surface area contributed by atoms with Crippen molar-refractivity contribution >= 4 is 27.0 Å². The van der Waals surface area contributed by atoms with Crippen molar-refractivity contribution in [2.45, 2.75) is 6.92 Å². The smallest absolute Gasteiger partial charge is 0.103 e. The Balaban J connectivity index is 2.93. The molecule has 56 valence electrons. The van der Waals surface area contributed by atoms with Gasteiger partial charge in [-0.1, -0.05) is 6.07 Å². The highest BCUT2D eigenvalue weighted by atomic mass is 79.9. The molecule has 0 unspecified atom stereocenters. The Hall–Kier alpha value is -0.830. The first-order valence-corrected chi connectivity index (χ1v) is 4.16. The Morgan fingerprint density at radius 2 is 2.27 bits per heavy atom. The fourth-order valence-corrected chi connectivity index (χ4v) is 1.52. The lowest BCUT2D eigenvalue weighted by atomic mass is 10.2. The number of H-pyrrole nitrogens is 1. The predicted octanol–water partition coefficient (Wildman–Crippen LogP) is 2.63. The molecule has 0 aliphatic heterocycles. The van der Waals surface area contributed by atoms with E-state index in [0.29, 0.717) is 0 Å². The number of nitrogens with zero attached hydrogens (tertiary/aromatic N) is 1. The van der Waals surface area contributed by atoms with Gasteiger partial charge in [-0.05, 0) is 34.5 Å². The maximum Gasteiger partial charge on any atom is 0.103 e. The average Bonchev–Trinajstić information content (AvgIpc) is 2.45. The predicted molar refractivity (Wildman–Crippen MR) is 48.5 cm³/mol. The van der Waals surface area contributed by atoms with Gasteiger partial charge in [0.05, 0.1) is 11.8 Å². The Morgan fingerprint density at radius 1 is 1.45 bits per heavy atom. The van der Waals surface area contributed by atoms with Crippen molar-refractivity contribution in [2.24, 2.45) is 0 Å². The number of hydrogen-bond donors (Lipinski definition) is 1. The van der Waals surface area contributed by atoms with Crippen LogP contribution < -0.4 is 0 Å². The first kappa shape index (κ1) is 6.85. The minimum atomic E-state index is 1.00. The molecule has 0 amide bonds. The Labute approximate surface area is 72.8 Å². The van der Waals surface area contributed by atoms with E-state index >= 15 is 0 Å². The zero-order chi connectivity index (χ0) is 7.84. The molecule has 2 nitrogen and oxygen atoms in total. The summed E-state index contributed by atoms with van der Waals surface area (Å²) in [7, 11) is 0. The topological polar surface area (TPSA) is 28.7 Å². The fraction of sp³-hybridized carbons (Fsp3) is 0.125. The molecule has 0 fully saturated rings. The second-order valence-electron chi connectivity index (χ2n) is 2.50. The molecule has 1 N–H and O–H groups in total. The Morgan fingerprint density at radius 3 is 3.09 bits per heavy atom. The number of fused-ring (bicyclic) bond motifs is 1. The molecule has 0 aliphatic carbocycles. The molecule has 0 bridgehead atoms. The number of aryl methyl sites for hydroxylation is 1. The first-order chi connectivity index (χ1) is 5.29. The van der Waals surface area contributed by atoms with E-state index in [4.69, 9.17) is 0 Å². The molecule has 11 heavy (non-hydrogen) atoms. The highest BCUT2D eigenvalue weighted by Crippen LogP contribution is 2.23. The van der Waals surface area contributed by atoms with Gasteiger partial charge in [-0.25, -0.2) is 4.98 Å². The molecule has 0 spiro atoms. The van der Waals surface area contributed by atoms with Crippen LogP contribution >= 0.6 is 15.9 Å². The number of aromatic amines is 1. The third-order valence-corrected chi connectivity index (χ3v) is 2.72. The number of aromatic nitrogens is 2.